The summed E-state index contributed by atoms with van der Waals surface area (Å²) in [6.07, 6.45) is -3.90. The van der Waals surface area contributed by atoms with E-state index in [2.05, 4.69) is 10.3 Å². The van der Waals surface area contributed by atoms with Gasteiger partial charge in [0.2, 0.25) is 0 Å². The standard InChI is InChI=1S/C15H16F3N3O2S.ClH/c1-9-2-3-10(12(6-9)23-8-15(16,17)18)21-14(22)11-7-24-13(20-11)4-5-19;/h2-3,6-7H,4-5,8,19H2,1H3,(H,21,22);1H. The van der Waals surface area contributed by atoms with Crippen LogP contribution in [-0.4, -0.2) is 30.2 Å². The van der Waals surface area contributed by atoms with Gasteiger partial charge in [-0.25, -0.2) is 4.98 Å². The number of hydrogen-bond donors (Lipinski definition) is 2. The maximum Gasteiger partial charge on any atom is 0.422 e. The van der Waals surface area contributed by atoms with Crippen molar-refractivity contribution in [3.05, 3.63) is 39.8 Å². The highest BCUT2D eigenvalue weighted by molar-refractivity contribution is 7.09. The van der Waals surface area contributed by atoms with Crippen LogP contribution in [0.1, 0.15) is 21.1 Å². The van der Waals surface area contributed by atoms with Gasteiger partial charge in [-0.3, -0.25) is 4.79 Å². The minimum absolute atomic E-state index is 0. The third kappa shape index (κ3) is 6.52. The monoisotopic (exact) mass is 395 g/mol. The predicted molar refractivity (Wildman–Crippen MR) is 92.8 cm³/mol. The van der Waals surface area contributed by atoms with Gasteiger partial charge < -0.3 is 15.8 Å². The fourth-order valence-corrected chi connectivity index (χ4v) is 2.65. The molecule has 138 valence electrons. The van der Waals surface area contributed by atoms with Gasteiger partial charge in [0.15, 0.2) is 6.61 Å². The number of amides is 1. The molecule has 2 aromatic rings. The number of alkyl halides is 3. The Kier molecular flexibility index (Phi) is 7.65. The van der Waals surface area contributed by atoms with E-state index in [-0.39, 0.29) is 29.5 Å². The molecular formula is C15H17ClF3N3O2S. The lowest BCUT2D eigenvalue weighted by Crippen LogP contribution is -2.20. The number of carbonyl (C=O) groups excluding carboxylic acids is 1. The highest BCUT2D eigenvalue weighted by atomic mass is 35.5. The maximum absolute atomic E-state index is 12.3. The van der Waals surface area contributed by atoms with E-state index in [1.54, 1.807) is 18.4 Å². The predicted octanol–water partition coefficient (Wildman–Crippen LogP) is 3.57. The molecule has 1 aromatic heterocycles. The van der Waals surface area contributed by atoms with Crippen molar-refractivity contribution in [3.63, 3.8) is 0 Å². The van der Waals surface area contributed by atoms with Crippen LogP contribution < -0.4 is 15.8 Å². The topological polar surface area (TPSA) is 77.2 Å². The van der Waals surface area contributed by atoms with Gasteiger partial charge in [0.25, 0.3) is 5.91 Å². The first-order valence-corrected chi connectivity index (χ1v) is 7.92. The molecule has 0 aliphatic rings. The molecular weight excluding hydrogens is 379 g/mol. The highest BCUT2D eigenvalue weighted by Gasteiger charge is 2.29. The van der Waals surface area contributed by atoms with Gasteiger partial charge in [0.05, 0.1) is 10.7 Å². The number of halogens is 4. The van der Waals surface area contributed by atoms with E-state index in [0.29, 0.717) is 18.5 Å². The number of hydrogen-bond acceptors (Lipinski definition) is 5. The first kappa shape index (κ1) is 21.2. The SMILES string of the molecule is Cc1ccc(NC(=O)c2csc(CCN)n2)c(OCC(F)(F)F)c1.Cl. The maximum atomic E-state index is 12.3. The number of nitrogens with two attached hydrogens (primary N) is 1. The number of aromatic nitrogens is 1. The third-order valence-corrected chi connectivity index (χ3v) is 3.83. The fourth-order valence-electron chi connectivity index (χ4n) is 1.85. The summed E-state index contributed by atoms with van der Waals surface area (Å²) in [4.78, 5) is 16.3. The summed E-state index contributed by atoms with van der Waals surface area (Å²) >= 11 is 1.30. The quantitative estimate of drug-likeness (QED) is 0.783. The van der Waals surface area contributed by atoms with E-state index in [1.807, 2.05) is 0 Å². The summed E-state index contributed by atoms with van der Waals surface area (Å²) in [7, 11) is 0. The normalized spacial score (nSPS) is 10.9. The molecule has 5 nitrogen and oxygen atoms in total. The van der Waals surface area contributed by atoms with Crippen LogP contribution in [0.3, 0.4) is 0 Å². The first-order chi connectivity index (χ1) is 11.3. The van der Waals surface area contributed by atoms with E-state index >= 15 is 0 Å². The minimum Gasteiger partial charge on any atom is -0.482 e. The largest absolute Gasteiger partial charge is 0.482 e. The molecule has 1 amide bonds. The van der Waals surface area contributed by atoms with E-state index in [4.69, 9.17) is 10.5 Å². The van der Waals surface area contributed by atoms with Crippen molar-refractivity contribution in [2.45, 2.75) is 19.5 Å². The summed E-state index contributed by atoms with van der Waals surface area (Å²) in [6.45, 7) is 0.699. The zero-order valence-electron chi connectivity index (χ0n) is 13.2. The summed E-state index contributed by atoms with van der Waals surface area (Å²) in [5.74, 6) is -0.562. The van der Waals surface area contributed by atoms with Gasteiger partial charge >= 0.3 is 6.18 Å². The molecule has 0 saturated carbocycles. The average Bonchev–Trinajstić information content (AvgIpc) is 2.96. The van der Waals surface area contributed by atoms with Crippen LogP contribution in [0.15, 0.2) is 23.6 Å². The second-order valence-corrected chi connectivity index (χ2v) is 5.97. The van der Waals surface area contributed by atoms with Crippen LogP contribution in [0.2, 0.25) is 0 Å². The Labute approximate surface area is 152 Å². The minimum atomic E-state index is -4.46. The van der Waals surface area contributed by atoms with Crippen LogP contribution >= 0.6 is 23.7 Å². The molecule has 1 aromatic carbocycles. The number of nitrogens with one attached hydrogen (secondary N) is 1. The molecule has 0 unspecified atom stereocenters. The zero-order valence-corrected chi connectivity index (χ0v) is 14.9. The molecule has 0 aliphatic carbocycles. The van der Waals surface area contributed by atoms with Gasteiger partial charge in [-0.1, -0.05) is 6.07 Å². The molecule has 0 fully saturated rings. The van der Waals surface area contributed by atoms with Crippen molar-refractivity contribution in [1.82, 2.24) is 4.98 Å². The number of benzene rings is 1. The van der Waals surface area contributed by atoms with Gasteiger partial charge in [0.1, 0.15) is 11.4 Å². The second-order valence-electron chi connectivity index (χ2n) is 5.02. The molecule has 0 spiro atoms. The molecule has 0 radical (unpaired) electrons. The number of nitrogens with zero attached hydrogens (tertiary/aromatic N) is 1. The number of thiazole rings is 1. The van der Waals surface area contributed by atoms with Crippen LogP contribution in [-0.2, 0) is 6.42 Å². The Morgan fingerprint density at radius 1 is 1.40 bits per heavy atom. The van der Waals surface area contributed by atoms with Crippen molar-refractivity contribution < 1.29 is 22.7 Å². The number of rotatable bonds is 6. The summed E-state index contributed by atoms with van der Waals surface area (Å²) in [6, 6.07) is 4.59. The van der Waals surface area contributed by atoms with Crippen LogP contribution in [0.4, 0.5) is 18.9 Å². The second kappa shape index (κ2) is 9.02. The number of anilines is 1. The average molecular weight is 396 g/mol. The molecule has 0 bridgehead atoms. The van der Waals surface area contributed by atoms with Crippen molar-refractivity contribution in [2.24, 2.45) is 5.73 Å². The zero-order chi connectivity index (χ0) is 17.7. The Balaban J connectivity index is 0.00000312. The fraction of sp³-hybridized carbons (Fsp3) is 0.333. The van der Waals surface area contributed by atoms with Crippen LogP contribution in [0.5, 0.6) is 5.75 Å². The number of carbonyl (C=O) groups is 1. The summed E-state index contributed by atoms with van der Waals surface area (Å²) < 4.78 is 41.8. The lowest BCUT2D eigenvalue weighted by atomic mass is 10.2. The first-order valence-electron chi connectivity index (χ1n) is 7.04. The lowest BCUT2D eigenvalue weighted by Gasteiger charge is -2.14. The number of ether oxygens (including phenoxy) is 1. The van der Waals surface area contributed by atoms with Crippen LogP contribution in [0, 0.1) is 6.92 Å². The summed E-state index contributed by atoms with van der Waals surface area (Å²) in [5, 5.41) is 4.82. The summed E-state index contributed by atoms with van der Waals surface area (Å²) in [5.41, 5.74) is 6.48. The Bertz CT molecular complexity index is 722. The molecule has 0 aliphatic heterocycles. The smallest absolute Gasteiger partial charge is 0.422 e. The third-order valence-electron chi connectivity index (χ3n) is 2.92. The molecule has 0 atom stereocenters. The van der Waals surface area contributed by atoms with E-state index in [1.165, 1.54) is 23.5 Å². The molecule has 10 heteroatoms. The Morgan fingerprint density at radius 3 is 2.76 bits per heavy atom. The lowest BCUT2D eigenvalue weighted by molar-refractivity contribution is -0.153. The van der Waals surface area contributed by atoms with Gasteiger partial charge in [-0.2, -0.15) is 13.2 Å². The Hall–Kier alpha value is -1.84. The highest BCUT2D eigenvalue weighted by Crippen LogP contribution is 2.28. The van der Waals surface area contributed by atoms with Gasteiger partial charge in [0, 0.05) is 11.8 Å². The van der Waals surface area contributed by atoms with Crippen molar-refractivity contribution in [2.75, 3.05) is 18.5 Å². The van der Waals surface area contributed by atoms with Crippen molar-refractivity contribution in [3.8, 4) is 5.75 Å². The van der Waals surface area contributed by atoms with Crippen molar-refractivity contribution >= 4 is 35.3 Å². The van der Waals surface area contributed by atoms with E-state index < -0.39 is 18.7 Å². The van der Waals surface area contributed by atoms with E-state index in [9.17, 15) is 18.0 Å². The van der Waals surface area contributed by atoms with Crippen molar-refractivity contribution in [1.29, 1.82) is 0 Å². The Morgan fingerprint density at radius 2 is 2.12 bits per heavy atom. The van der Waals surface area contributed by atoms with Crippen LogP contribution in [0.25, 0.3) is 0 Å². The molecule has 0 saturated heterocycles. The molecule has 3 N–H and O–H groups in total. The molecule has 25 heavy (non-hydrogen) atoms. The van der Waals surface area contributed by atoms with Gasteiger partial charge in [-0.05, 0) is 31.2 Å². The molecule has 2 rings (SSSR count). The van der Waals surface area contributed by atoms with Gasteiger partial charge in [-0.15, -0.1) is 23.7 Å². The van der Waals surface area contributed by atoms with E-state index in [0.717, 1.165) is 5.01 Å². The molecule has 1 heterocycles. The number of aryl methyl sites for hydroxylation is 1.